The first kappa shape index (κ1) is 11.4. The van der Waals surface area contributed by atoms with E-state index in [2.05, 4.69) is 4.90 Å². The zero-order valence-corrected chi connectivity index (χ0v) is 9.73. The molecule has 2 fully saturated rings. The van der Waals surface area contributed by atoms with Crippen molar-refractivity contribution in [2.75, 3.05) is 19.6 Å². The summed E-state index contributed by atoms with van der Waals surface area (Å²) >= 11 is 0. The molecule has 1 saturated carbocycles. The summed E-state index contributed by atoms with van der Waals surface area (Å²) in [5.74, 6) is 1.20. The topological polar surface area (TPSA) is 49.5 Å². The zero-order valence-electron chi connectivity index (χ0n) is 9.73. The molecule has 0 aromatic rings. The largest absolute Gasteiger partial charge is 0.393 e. The Kier molecular flexibility index (Phi) is 3.65. The van der Waals surface area contributed by atoms with Crippen LogP contribution in [0.15, 0.2) is 0 Å². The molecule has 1 aliphatic heterocycles. The number of hydrogen-bond donors (Lipinski definition) is 2. The Bertz CT molecular complexity index is 208. The van der Waals surface area contributed by atoms with E-state index in [1.165, 1.54) is 19.3 Å². The van der Waals surface area contributed by atoms with Crippen LogP contribution < -0.4 is 5.73 Å². The van der Waals surface area contributed by atoms with Gasteiger partial charge in [-0.2, -0.15) is 0 Å². The number of rotatable bonds is 3. The highest BCUT2D eigenvalue weighted by atomic mass is 16.3. The highest BCUT2D eigenvalue weighted by Gasteiger charge is 2.36. The van der Waals surface area contributed by atoms with Gasteiger partial charge in [0.25, 0.3) is 0 Å². The number of hydrogen-bond acceptors (Lipinski definition) is 3. The molecule has 3 nitrogen and oxygen atoms in total. The van der Waals surface area contributed by atoms with Gasteiger partial charge in [0.15, 0.2) is 0 Å². The summed E-state index contributed by atoms with van der Waals surface area (Å²) in [5.41, 5.74) is 5.81. The molecule has 1 saturated heterocycles. The Morgan fingerprint density at radius 1 is 1.40 bits per heavy atom. The first-order valence-corrected chi connectivity index (χ1v) is 6.34. The summed E-state index contributed by atoms with van der Waals surface area (Å²) < 4.78 is 0. The maximum Gasteiger partial charge on any atom is 0.0552 e. The summed E-state index contributed by atoms with van der Waals surface area (Å²) in [4.78, 5) is 2.57. The summed E-state index contributed by atoms with van der Waals surface area (Å²) in [5, 5.41) is 9.58. The summed E-state index contributed by atoms with van der Waals surface area (Å²) in [6.07, 6.45) is 4.96. The number of nitrogens with two attached hydrogens (primary N) is 1. The van der Waals surface area contributed by atoms with Crippen LogP contribution in [0.2, 0.25) is 0 Å². The van der Waals surface area contributed by atoms with Crippen LogP contribution >= 0.6 is 0 Å². The zero-order chi connectivity index (χ0) is 10.8. The minimum Gasteiger partial charge on any atom is -0.393 e. The molecule has 1 aliphatic carbocycles. The van der Waals surface area contributed by atoms with Crippen molar-refractivity contribution in [1.29, 1.82) is 0 Å². The summed E-state index contributed by atoms with van der Waals surface area (Å²) in [6.45, 7) is 5.00. The Morgan fingerprint density at radius 3 is 2.80 bits per heavy atom. The van der Waals surface area contributed by atoms with Gasteiger partial charge in [-0.15, -0.1) is 0 Å². The van der Waals surface area contributed by atoms with Gasteiger partial charge in [-0.25, -0.2) is 0 Å². The fourth-order valence-electron chi connectivity index (χ4n) is 3.28. The molecular weight excluding hydrogens is 188 g/mol. The van der Waals surface area contributed by atoms with Crippen molar-refractivity contribution in [3.63, 3.8) is 0 Å². The van der Waals surface area contributed by atoms with Gasteiger partial charge < -0.3 is 10.8 Å². The molecule has 1 heterocycles. The van der Waals surface area contributed by atoms with Gasteiger partial charge >= 0.3 is 0 Å². The van der Waals surface area contributed by atoms with Crippen molar-refractivity contribution in [3.05, 3.63) is 0 Å². The number of nitrogens with zero attached hydrogens (tertiary/aromatic N) is 1. The Hall–Kier alpha value is -0.120. The average Bonchev–Trinajstić information content (AvgIpc) is 2.85. The third-order valence-electron chi connectivity index (χ3n) is 4.33. The van der Waals surface area contributed by atoms with Crippen molar-refractivity contribution in [1.82, 2.24) is 4.90 Å². The Labute approximate surface area is 92.6 Å². The molecular formula is C12H24N2O. The van der Waals surface area contributed by atoms with Gasteiger partial charge in [-0.1, -0.05) is 6.42 Å². The standard InChI is InChI=1S/C12H24N2O/c1-9(15)11-5-6-14(8-11)12-4-2-3-10(12)7-13/h9-12,15H,2-8,13H2,1H3. The maximum absolute atomic E-state index is 9.58. The molecule has 3 N–H and O–H groups in total. The van der Waals surface area contributed by atoms with Gasteiger partial charge in [0.05, 0.1) is 6.10 Å². The second-order valence-electron chi connectivity index (χ2n) is 5.28. The van der Waals surface area contributed by atoms with Crippen LogP contribution in [-0.2, 0) is 0 Å². The van der Waals surface area contributed by atoms with E-state index in [1.54, 1.807) is 0 Å². The Balaban J connectivity index is 1.89. The molecule has 4 unspecified atom stereocenters. The molecule has 3 heteroatoms. The highest BCUT2D eigenvalue weighted by molar-refractivity contribution is 4.90. The van der Waals surface area contributed by atoms with Crippen LogP contribution in [0.4, 0.5) is 0 Å². The van der Waals surface area contributed by atoms with E-state index < -0.39 is 0 Å². The molecule has 2 aliphatic rings. The molecule has 2 rings (SSSR count). The lowest BCUT2D eigenvalue weighted by atomic mass is 10.0. The van der Waals surface area contributed by atoms with E-state index in [9.17, 15) is 5.11 Å². The van der Waals surface area contributed by atoms with Crippen LogP contribution in [0.3, 0.4) is 0 Å². The SMILES string of the molecule is CC(O)C1CCN(C2CCCC2CN)C1. The van der Waals surface area contributed by atoms with Gasteiger partial charge in [0.2, 0.25) is 0 Å². The van der Waals surface area contributed by atoms with Gasteiger partial charge in [-0.05, 0) is 51.1 Å². The fraction of sp³-hybridized carbons (Fsp3) is 1.00. The highest BCUT2D eigenvalue weighted by Crippen LogP contribution is 2.33. The molecule has 0 bridgehead atoms. The monoisotopic (exact) mass is 212 g/mol. The van der Waals surface area contributed by atoms with Crippen LogP contribution in [0.5, 0.6) is 0 Å². The number of aliphatic hydroxyl groups excluding tert-OH is 1. The predicted molar refractivity (Wildman–Crippen MR) is 61.5 cm³/mol. The van der Waals surface area contributed by atoms with Crippen LogP contribution in [-0.4, -0.2) is 41.8 Å². The second-order valence-corrected chi connectivity index (χ2v) is 5.28. The second kappa shape index (κ2) is 4.81. The van der Waals surface area contributed by atoms with E-state index in [-0.39, 0.29) is 6.10 Å². The van der Waals surface area contributed by atoms with Crippen molar-refractivity contribution in [2.24, 2.45) is 17.6 Å². The van der Waals surface area contributed by atoms with Crippen molar-refractivity contribution >= 4 is 0 Å². The van der Waals surface area contributed by atoms with Crippen molar-refractivity contribution in [3.8, 4) is 0 Å². The van der Waals surface area contributed by atoms with E-state index in [0.29, 0.717) is 17.9 Å². The molecule has 15 heavy (non-hydrogen) atoms. The van der Waals surface area contributed by atoms with Crippen LogP contribution in [0.25, 0.3) is 0 Å². The fourth-order valence-corrected chi connectivity index (χ4v) is 3.28. The smallest absolute Gasteiger partial charge is 0.0552 e. The van der Waals surface area contributed by atoms with E-state index >= 15 is 0 Å². The minimum atomic E-state index is -0.146. The molecule has 88 valence electrons. The minimum absolute atomic E-state index is 0.146. The lowest BCUT2D eigenvalue weighted by Crippen LogP contribution is -2.39. The maximum atomic E-state index is 9.58. The van der Waals surface area contributed by atoms with E-state index in [4.69, 9.17) is 5.73 Å². The number of likely N-dealkylation sites (tertiary alicyclic amines) is 1. The lowest BCUT2D eigenvalue weighted by molar-refractivity contribution is 0.117. The molecule has 0 aromatic heterocycles. The third-order valence-corrected chi connectivity index (χ3v) is 4.33. The third kappa shape index (κ3) is 2.35. The summed E-state index contributed by atoms with van der Waals surface area (Å²) in [6, 6.07) is 0.707. The first-order valence-electron chi connectivity index (χ1n) is 6.34. The quantitative estimate of drug-likeness (QED) is 0.728. The van der Waals surface area contributed by atoms with E-state index in [0.717, 1.165) is 26.1 Å². The summed E-state index contributed by atoms with van der Waals surface area (Å²) in [7, 11) is 0. The van der Waals surface area contributed by atoms with Gasteiger partial charge in [-0.3, -0.25) is 4.90 Å². The molecule has 0 spiro atoms. The predicted octanol–water partition coefficient (Wildman–Crippen LogP) is 0.816. The molecule has 0 radical (unpaired) electrons. The lowest BCUT2D eigenvalue weighted by Gasteiger charge is -2.29. The number of aliphatic hydroxyl groups is 1. The average molecular weight is 212 g/mol. The van der Waals surface area contributed by atoms with Gasteiger partial charge in [0.1, 0.15) is 0 Å². The van der Waals surface area contributed by atoms with Crippen molar-refractivity contribution < 1.29 is 5.11 Å². The normalized spacial score (nSPS) is 39.8. The van der Waals surface area contributed by atoms with E-state index in [1.807, 2.05) is 6.92 Å². The first-order chi connectivity index (χ1) is 7.22. The van der Waals surface area contributed by atoms with Gasteiger partial charge in [0, 0.05) is 12.6 Å². The van der Waals surface area contributed by atoms with Crippen molar-refractivity contribution in [2.45, 2.75) is 44.8 Å². The molecule has 0 amide bonds. The van der Waals surface area contributed by atoms with Crippen LogP contribution in [0, 0.1) is 11.8 Å². The van der Waals surface area contributed by atoms with Crippen LogP contribution in [0.1, 0.15) is 32.6 Å². The Morgan fingerprint density at radius 2 is 2.20 bits per heavy atom. The molecule has 4 atom stereocenters. The molecule has 0 aromatic carbocycles.